The Morgan fingerprint density at radius 1 is 1.10 bits per heavy atom. The monoisotopic (exact) mass is 407 g/mol. The van der Waals surface area contributed by atoms with Gasteiger partial charge in [0.05, 0.1) is 11.6 Å². The molecule has 4 rings (SSSR count). The standard InChI is InChI=1S/C22H22FN5S/c1-3-29-22-26-20(25-18-11-7-10-17(23)12-18)19-13-24-28(21(19)27-22)14-15(2)16-8-5-4-6-9-16/h4-13,15H,3,14H2,1-2H3,(H,25,26,27). The molecule has 2 aromatic heterocycles. The Balaban J connectivity index is 1.71. The summed E-state index contributed by atoms with van der Waals surface area (Å²) >= 11 is 1.57. The van der Waals surface area contributed by atoms with E-state index in [1.54, 1.807) is 24.0 Å². The summed E-state index contributed by atoms with van der Waals surface area (Å²) in [6, 6.07) is 16.7. The zero-order chi connectivity index (χ0) is 20.2. The van der Waals surface area contributed by atoms with Crippen LogP contribution in [-0.4, -0.2) is 25.5 Å². The molecule has 0 aliphatic carbocycles. The molecular weight excluding hydrogens is 385 g/mol. The van der Waals surface area contributed by atoms with Gasteiger partial charge in [-0.1, -0.05) is 62.0 Å². The first-order valence-corrected chi connectivity index (χ1v) is 10.6. The maximum atomic E-state index is 13.6. The Morgan fingerprint density at radius 3 is 2.69 bits per heavy atom. The van der Waals surface area contributed by atoms with Crippen LogP contribution in [0.5, 0.6) is 0 Å². The second-order valence-corrected chi connectivity index (χ2v) is 8.03. The van der Waals surface area contributed by atoms with Crippen molar-refractivity contribution in [3.8, 4) is 0 Å². The topological polar surface area (TPSA) is 55.6 Å². The Bertz CT molecular complexity index is 1110. The number of nitrogens with zero attached hydrogens (tertiary/aromatic N) is 4. The van der Waals surface area contributed by atoms with Crippen molar-refractivity contribution in [1.82, 2.24) is 19.7 Å². The summed E-state index contributed by atoms with van der Waals surface area (Å²) in [5, 5.41) is 9.29. The van der Waals surface area contributed by atoms with Gasteiger partial charge in [0.15, 0.2) is 10.8 Å². The molecule has 1 unspecified atom stereocenters. The highest BCUT2D eigenvalue weighted by Crippen LogP contribution is 2.28. The van der Waals surface area contributed by atoms with E-state index in [9.17, 15) is 4.39 Å². The average molecular weight is 408 g/mol. The van der Waals surface area contributed by atoms with Gasteiger partial charge in [0.2, 0.25) is 0 Å². The number of fused-ring (bicyclic) bond motifs is 1. The molecule has 0 radical (unpaired) electrons. The van der Waals surface area contributed by atoms with Crippen molar-refractivity contribution >= 4 is 34.3 Å². The molecule has 0 spiro atoms. The Kier molecular flexibility index (Phi) is 5.76. The summed E-state index contributed by atoms with van der Waals surface area (Å²) < 4.78 is 15.5. The molecule has 0 bridgehead atoms. The van der Waals surface area contributed by atoms with Crippen molar-refractivity contribution in [1.29, 1.82) is 0 Å². The van der Waals surface area contributed by atoms with E-state index >= 15 is 0 Å². The molecule has 0 amide bonds. The van der Waals surface area contributed by atoms with Gasteiger partial charge in [-0.05, 0) is 29.5 Å². The van der Waals surface area contributed by atoms with Crippen LogP contribution in [0.3, 0.4) is 0 Å². The second-order valence-electron chi connectivity index (χ2n) is 6.80. The summed E-state index contributed by atoms with van der Waals surface area (Å²) in [6.07, 6.45) is 1.77. The lowest BCUT2D eigenvalue weighted by Gasteiger charge is -2.13. The number of hydrogen-bond donors (Lipinski definition) is 1. The Morgan fingerprint density at radius 2 is 1.93 bits per heavy atom. The molecule has 2 aromatic carbocycles. The van der Waals surface area contributed by atoms with E-state index in [2.05, 4.69) is 41.4 Å². The molecule has 0 fully saturated rings. The SMILES string of the molecule is CCSc1nc(Nc2cccc(F)c2)c2cnn(CC(C)c3ccccc3)c2n1. The fraction of sp³-hybridized carbons (Fsp3) is 0.227. The van der Waals surface area contributed by atoms with E-state index in [-0.39, 0.29) is 11.7 Å². The molecule has 2 heterocycles. The van der Waals surface area contributed by atoms with Crippen LogP contribution in [0.2, 0.25) is 0 Å². The summed E-state index contributed by atoms with van der Waals surface area (Å²) in [5.41, 5.74) is 2.67. The predicted octanol–water partition coefficient (Wildman–Crippen LogP) is 5.62. The summed E-state index contributed by atoms with van der Waals surface area (Å²) in [7, 11) is 0. The maximum absolute atomic E-state index is 13.6. The Hall–Kier alpha value is -2.93. The van der Waals surface area contributed by atoms with Crippen molar-refractivity contribution in [2.75, 3.05) is 11.1 Å². The first-order valence-electron chi connectivity index (χ1n) is 9.58. The zero-order valence-corrected chi connectivity index (χ0v) is 17.2. The molecular formula is C22H22FN5S. The molecule has 0 saturated carbocycles. The molecule has 4 aromatic rings. The van der Waals surface area contributed by atoms with Crippen LogP contribution in [0.25, 0.3) is 11.0 Å². The molecule has 148 valence electrons. The summed E-state index contributed by atoms with van der Waals surface area (Å²) in [6.45, 7) is 4.95. The van der Waals surface area contributed by atoms with Crippen molar-refractivity contribution < 1.29 is 4.39 Å². The van der Waals surface area contributed by atoms with Crippen LogP contribution in [0.15, 0.2) is 66.0 Å². The first-order chi connectivity index (χ1) is 14.1. The highest BCUT2D eigenvalue weighted by molar-refractivity contribution is 7.99. The lowest BCUT2D eigenvalue weighted by Crippen LogP contribution is -2.09. The molecule has 0 aliphatic rings. The van der Waals surface area contributed by atoms with Crippen LogP contribution >= 0.6 is 11.8 Å². The summed E-state index contributed by atoms with van der Waals surface area (Å²) in [5.74, 6) is 1.49. The van der Waals surface area contributed by atoms with E-state index < -0.39 is 0 Å². The molecule has 1 atom stereocenters. The second kappa shape index (κ2) is 8.61. The van der Waals surface area contributed by atoms with Crippen molar-refractivity contribution in [3.05, 3.63) is 72.2 Å². The third kappa shape index (κ3) is 4.40. The highest BCUT2D eigenvalue weighted by atomic mass is 32.2. The molecule has 1 N–H and O–H groups in total. The third-order valence-electron chi connectivity index (χ3n) is 4.65. The van der Waals surface area contributed by atoms with Crippen molar-refractivity contribution in [2.24, 2.45) is 0 Å². The van der Waals surface area contributed by atoms with Gasteiger partial charge in [-0.15, -0.1) is 0 Å². The van der Waals surface area contributed by atoms with Crippen LogP contribution in [0, 0.1) is 5.82 Å². The largest absolute Gasteiger partial charge is 0.339 e. The number of rotatable bonds is 7. The van der Waals surface area contributed by atoms with E-state index in [4.69, 9.17) is 4.98 Å². The van der Waals surface area contributed by atoms with Gasteiger partial charge in [0.25, 0.3) is 0 Å². The maximum Gasteiger partial charge on any atom is 0.191 e. The summed E-state index contributed by atoms with van der Waals surface area (Å²) in [4.78, 5) is 9.36. The van der Waals surface area contributed by atoms with Gasteiger partial charge in [-0.25, -0.2) is 19.0 Å². The number of thioether (sulfide) groups is 1. The van der Waals surface area contributed by atoms with Crippen LogP contribution in [-0.2, 0) is 6.54 Å². The predicted molar refractivity (Wildman–Crippen MR) is 116 cm³/mol. The number of nitrogens with one attached hydrogen (secondary N) is 1. The van der Waals surface area contributed by atoms with Crippen LogP contribution in [0.4, 0.5) is 15.9 Å². The smallest absolute Gasteiger partial charge is 0.191 e. The van der Waals surface area contributed by atoms with E-state index in [1.165, 1.54) is 17.7 Å². The van der Waals surface area contributed by atoms with Crippen molar-refractivity contribution in [3.63, 3.8) is 0 Å². The highest BCUT2D eigenvalue weighted by Gasteiger charge is 2.16. The van der Waals surface area contributed by atoms with Gasteiger partial charge in [-0.3, -0.25) is 0 Å². The molecule has 7 heteroatoms. The van der Waals surface area contributed by atoms with Gasteiger partial charge in [0, 0.05) is 18.2 Å². The zero-order valence-electron chi connectivity index (χ0n) is 16.3. The van der Waals surface area contributed by atoms with Gasteiger partial charge in [0.1, 0.15) is 11.6 Å². The number of hydrogen-bond acceptors (Lipinski definition) is 5. The molecule has 5 nitrogen and oxygen atoms in total. The van der Waals surface area contributed by atoms with E-state index in [0.29, 0.717) is 23.2 Å². The minimum absolute atomic E-state index is 0.288. The van der Waals surface area contributed by atoms with Crippen LogP contribution in [0.1, 0.15) is 25.3 Å². The van der Waals surface area contributed by atoms with Crippen molar-refractivity contribution in [2.45, 2.75) is 31.5 Å². The van der Waals surface area contributed by atoms with Crippen LogP contribution < -0.4 is 5.32 Å². The number of benzene rings is 2. The van der Waals surface area contributed by atoms with Gasteiger partial charge >= 0.3 is 0 Å². The van der Waals surface area contributed by atoms with E-state index in [0.717, 1.165) is 16.8 Å². The quantitative estimate of drug-likeness (QED) is 0.318. The minimum Gasteiger partial charge on any atom is -0.339 e. The lowest BCUT2D eigenvalue weighted by molar-refractivity contribution is 0.553. The molecule has 29 heavy (non-hydrogen) atoms. The lowest BCUT2D eigenvalue weighted by atomic mass is 10.0. The number of aromatic nitrogens is 4. The number of anilines is 2. The number of halogens is 1. The molecule has 0 saturated heterocycles. The normalized spacial score (nSPS) is 12.2. The van der Waals surface area contributed by atoms with E-state index in [1.807, 2.05) is 28.9 Å². The first kappa shape index (κ1) is 19.4. The third-order valence-corrected chi connectivity index (χ3v) is 5.38. The fourth-order valence-electron chi connectivity index (χ4n) is 3.21. The van der Waals surface area contributed by atoms with Gasteiger partial charge < -0.3 is 5.32 Å². The molecule has 0 aliphatic heterocycles. The minimum atomic E-state index is -0.296. The Labute approximate surface area is 173 Å². The van der Waals surface area contributed by atoms with Gasteiger partial charge in [-0.2, -0.15) is 5.10 Å². The fourth-order valence-corrected chi connectivity index (χ4v) is 3.77. The average Bonchev–Trinajstić information content (AvgIpc) is 3.12.